The van der Waals surface area contributed by atoms with E-state index in [1.807, 2.05) is 0 Å². The van der Waals surface area contributed by atoms with Crippen LogP contribution in [-0.2, 0) is 9.53 Å². The van der Waals surface area contributed by atoms with Gasteiger partial charge < -0.3 is 10.5 Å². The summed E-state index contributed by atoms with van der Waals surface area (Å²) >= 11 is 11.7. The van der Waals surface area contributed by atoms with Crippen LogP contribution in [0.5, 0.6) is 0 Å². The van der Waals surface area contributed by atoms with E-state index < -0.39 is 0 Å². The monoisotopic (exact) mass is 271 g/mol. The summed E-state index contributed by atoms with van der Waals surface area (Å²) in [6.45, 7) is 2.08. The van der Waals surface area contributed by atoms with Crippen LogP contribution in [0.1, 0.15) is 18.9 Å². The molecule has 0 atom stereocenters. The molecule has 0 radical (unpaired) electrons. The number of anilines is 1. The number of hydrogen-bond acceptors (Lipinski definition) is 3. The number of benzene rings is 1. The molecule has 1 aromatic rings. The molecule has 0 unspecified atom stereocenters. The fourth-order valence-electron chi connectivity index (χ4n) is 1.11. The summed E-state index contributed by atoms with van der Waals surface area (Å²) in [5.74, 6) is 5.03. The highest BCUT2D eigenvalue weighted by atomic mass is 35.5. The van der Waals surface area contributed by atoms with E-state index in [0.29, 0.717) is 27.9 Å². The van der Waals surface area contributed by atoms with Crippen LogP contribution in [-0.4, -0.2) is 12.6 Å². The van der Waals surface area contributed by atoms with Crippen LogP contribution in [0.25, 0.3) is 0 Å². The summed E-state index contributed by atoms with van der Waals surface area (Å²) in [6, 6.07) is 3.13. The van der Waals surface area contributed by atoms with Crippen molar-refractivity contribution in [2.75, 3.05) is 12.3 Å². The van der Waals surface area contributed by atoms with Gasteiger partial charge in [0.15, 0.2) is 0 Å². The van der Waals surface area contributed by atoms with Crippen LogP contribution < -0.4 is 5.73 Å². The molecule has 0 saturated heterocycles. The van der Waals surface area contributed by atoms with Crippen molar-refractivity contribution in [2.45, 2.75) is 13.3 Å². The smallest absolute Gasteiger partial charge is 0.317 e. The second-order valence-corrected chi connectivity index (χ2v) is 3.98. The van der Waals surface area contributed by atoms with Crippen molar-refractivity contribution in [2.24, 2.45) is 0 Å². The van der Waals surface area contributed by atoms with Gasteiger partial charge in [-0.1, -0.05) is 35.0 Å². The van der Waals surface area contributed by atoms with Crippen molar-refractivity contribution in [3.8, 4) is 11.8 Å². The fourth-order valence-corrected chi connectivity index (χ4v) is 1.61. The molecule has 0 heterocycles. The van der Waals surface area contributed by atoms with Gasteiger partial charge in [-0.15, -0.1) is 0 Å². The van der Waals surface area contributed by atoms with E-state index in [1.54, 1.807) is 13.0 Å². The molecule has 2 N–H and O–H groups in total. The Bertz CT molecular complexity index is 489. The van der Waals surface area contributed by atoms with E-state index in [-0.39, 0.29) is 12.4 Å². The van der Waals surface area contributed by atoms with Gasteiger partial charge in [0.05, 0.1) is 22.9 Å². The number of nitrogen functional groups attached to an aromatic ring is 1. The van der Waals surface area contributed by atoms with Gasteiger partial charge in [-0.05, 0) is 19.1 Å². The minimum Gasteiger partial charge on any atom is -0.465 e. The molecule has 0 fully saturated rings. The number of nitrogens with two attached hydrogens (primary N) is 1. The molecule has 0 saturated carbocycles. The predicted octanol–water partition coefficient (Wildman–Crippen LogP) is 2.88. The Morgan fingerprint density at radius 3 is 2.82 bits per heavy atom. The molecule has 0 spiro atoms. The van der Waals surface area contributed by atoms with Gasteiger partial charge in [-0.2, -0.15) is 0 Å². The number of ether oxygens (including phenoxy) is 1. The number of carbonyl (C=O) groups is 1. The number of carbonyl (C=O) groups excluding carboxylic acids is 1. The van der Waals surface area contributed by atoms with Crippen molar-refractivity contribution in [1.82, 2.24) is 0 Å². The third kappa shape index (κ3) is 4.18. The zero-order valence-corrected chi connectivity index (χ0v) is 10.7. The Labute approximate surface area is 110 Å². The van der Waals surface area contributed by atoms with Crippen molar-refractivity contribution >= 4 is 34.9 Å². The second kappa shape index (κ2) is 6.39. The van der Waals surface area contributed by atoms with Crippen LogP contribution in [0, 0.1) is 11.8 Å². The molecule has 1 aromatic carbocycles. The van der Waals surface area contributed by atoms with E-state index in [1.165, 1.54) is 6.07 Å². The number of hydrogen-bond donors (Lipinski definition) is 1. The highest BCUT2D eigenvalue weighted by molar-refractivity contribution is 6.36. The SMILES string of the molecule is CCOC(=O)CC#Cc1cc(Cl)cc(Cl)c1N. The summed E-state index contributed by atoms with van der Waals surface area (Å²) in [5, 5.41) is 0.794. The molecule has 0 aliphatic heterocycles. The summed E-state index contributed by atoms with van der Waals surface area (Å²) in [7, 11) is 0. The lowest BCUT2D eigenvalue weighted by Gasteiger charge is -2.01. The third-order valence-corrected chi connectivity index (χ3v) is 2.39. The van der Waals surface area contributed by atoms with Gasteiger partial charge in [0.1, 0.15) is 6.42 Å². The van der Waals surface area contributed by atoms with Gasteiger partial charge in [0.2, 0.25) is 0 Å². The molecule has 0 aromatic heterocycles. The minimum atomic E-state index is -0.369. The van der Waals surface area contributed by atoms with E-state index in [2.05, 4.69) is 11.8 Å². The maximum absolute atomic E-state index is 11.0. The first-order chi connectivity index (χ1) is 8.04. The highest BCUT2D eigenvalue weighted by Crippen LogP contribution is 2.26. The zero-order valence-electron chi connectivity index (χ0n) is 9.22. The molecule has 0 amide bonds. The molecule has 0 bridgehead atoms. The Hall–Kier alpha value is -1.37. The first-order valence-corrected chi connectivity index (χ1v) is 5.69. The molecular weight excluding hydrogens is 261 g/mol. The molecule has 5 heteroatoms. The Kier molecular flexibility index (Phi) is 5.14. The van der Waals surface area contributed by atoms with E-state index in [0.717, 1.165) is 0 Å². The number of rotatable bonds is 2. The van der Waals surface area contributed by atoms with Crippen molar-refractivity contribution in [3.63, 3.8) is 0 Å². The van der Waals surface area contributed by atoms with Gasteiger partial charge in [-0.3, -0.25) is 4.79 Å². The van der Waals surface area contributed by atoms with Crippen LogP contribution in [0.3, 0.4) is 0 Å². The maximum Gasteiger partial charge on any atom is 0.317 e. The summed E-state index contributed by atoms with van der Waals surface area (Å²) in [4.78, 5) is 11.0. The summed E-state index contributed by atoms with van der Waals surface area (Å²) in [6.07, 6.45) is 0.0113. The Balaban J connectivity index is 2.82. The van der Waals surface area contributed by atoms with Crippen LogP contribution >= 0.6 is 23.2 Å². The standard InChI is InChI=1S/C12H11Cl2NO2/c1-2-17-11(16)5-3-4-8-6-9(13)7-10(14)12(8)15/h6-7H,2,5,15H2,1H3. The first kappa shape index (κ1) is 13.7. The van der Waals surface area contributed by atoms with Crippen molar-refractivity contribution in [1.29, 1.82) is 0 Å². The predicted molar refractivity (Wildman–Crippen MR) is 69.0 cm³/mol. The molecule has 1 rings (SSSR count). The van der Waals surface area contributed by atoms with Crippen LogP contribution in [0.2, 0.25) is 10.0 Å². The second-order valence-electron chi connectivity index (χ2n) is 3.13. The largest absolute Gasteiger partial charge is 0.465 e. The lowest BCUT2D eigenvalue weighted by atomic mass is 10.2. The minimum absolute atomic E-state index is 0.0113. The zero-order chi connectivity index (χ0) is 12.8. The lowest BCUT2D eigenvalue weighted by molar-refractivity contribution is -0.141. The topological polar surface area (TPSA) is 52.3 Å². The summed E-state index contributed by atoms with van der Waals surface area (Å²) in [5.41, 5.74) is 6.58. The van der Waals surface area contributed by atoms with E-state index in [9.17, 15) is 4.79 Å². The molecule has 17 heavy (non-hydrogen) atoms. The first-order valence-electron chi connectivity index (χ1n) is 4.93. The average molecular weight is 272 g/mol. The number of esters is 1. The molecule has 90 valence electrons. The highest BCUT2D eigenvalue weighted by Gasteiger charge is 2.03. The third-order valence-electron chi connectivity index (χ3n) is 1.86. The molecular formula is C12H11Cl2NO2. The quantitative estimate of drug-likeness (QED) is 0.511. The van der Waals surface area contributed by atoms with Crippen LogP contribution in [0.15, 0.2) is 12.1 Å². The fraction of sp³-hybridized carbons (Fsp3) is 0.250. The average Bonchev–Trinajstić information content (AvgIpc) is 2.25. The molecule has 0 aliphatic carbocycles. The van der Waals surface area contributed by atoms with E-state index in [4.69, 9.17) is 33.7 Å². The van der Waals surface area contributed by atoms with Crippen molar-refractivity contribution < 1.29 is 9.53 Å². The molecule has 0 aliphatic rings. The van der Waals surface area contributed by atoms with Crippen molar-refractivity contribution in [3.05, 3.63) is 27.7 Å². The Morgan fingerprint density at radius 2 is 2.18 bits per heavy atom. The van der Waals surface area contributed by atoms with Gasteiger partial charge >= 0.3 is 5.97 Å². The van der Waals surface area contributed by atoms with Gasteiger partial charge in [0, 0.05) is 5.02 Å². The van der Waals surface area contributed by atoms with E-state index >= 15 is 0 Å². The molecule has 3 nitrogen and oxygen atoms in total. The maximum atomic E-state index is 11.0. The lowest BCUT2D eigenvalue weighted by Crippen LogP contribution is -2.01. The van der Waals surface area contributed by atoms with Crippen LogP contribution in [0.4, 0.5) is 5.69 Å². The summed E-state index contributed by atoms with van der Waals surface area (Å²) < 4.78 is 4.73. The van der Waals surface area contributed by atoms with Gasteiger partial charge in [-0.25, -0.2) is 0 Å². The normalized spacial score (nSPS) is 9.35. The van der Waals surface area contributed by atoms with Gasteiger partial charge in [0.25, 0.3) is 0 Å². The Morgan fingerprint density at radius 1 is 1.47 bits per heavy atom. The number of halogens is 2.